The van der Waals surface area contributed by atoms with Gasteiger partial charge < -0.3 is 4.74 Å². The number of carbonyl (C=O) groups excluding carboxylic acids is 1. The van der Waals surface area contributed by atoms with E-state index in [1.165, 1.54) is 11.1 Å². The van der Waals surface area contributed by atoms with Gasteiger partial charge in [-0.3, -0.25) is 9.63 Å². The fraction of sp³-hybridized carbons (Fsp3) is 0.632. The average molecular weight is 369 g/mol. The third-order valence-corrected chi connectivity index (χ3v) is 5.68. The van der Waals surface area contributed by atoms with E-state index in [0.717, 1.165) is 31.4 Å². The van der Waals surface area contributed by atoms with Crippen molar-refractivity contribution in [1.82, 2.24) is 5.06 Å². The van der Waals surface area contributed by atoms with E-state index in [-0.39, 0.29) is 25.0 Å². The van der Waals surface area contributed by atoms with Crippen molar-refractivity contribution >= 4 is 5.91 Å². The zero-order chi connectivity index (χ0) is 18.5. The zero-order valence-electron chi connectivity index (χ0n) is 14.6. The summed E-state index contributed by atoms with van der Waals surface area (Å²) >= 11 is 0. The number of alkyl halides is 3. The molecule has 1 amide bonds. The number of nitrogens with zero attached hydrogens (tertiary/aromatic N) is 1. The van der Waals surface area contributed by atoms with Crippen LogP contribution in [0.25, 0.3) is 0 Å². The second-order valence-electron chi connectivity index (χ2n) is 7.72. The van der Waals surface area contributed by atoms with E-state index in [4.69, 9.17) is 9.57 Å². The van der Waals surface area contributed by atoms with Gasteiger partial charge in [-0.25, -0.2) is 5.06 Å². The highest BCUT2D eigenvalue weighted by Gasteiger charge is 2.55. The summed E-state index contributed by atoms with van der Waals surface area (Å²) in [5.74, 6) is 0.357. The molecule has 4 rings (SSSR count). The molecule has 2 fully saturated rings. The third kappa shape index (κ3) is 3.11. The van der Waals surface area contributed by atoms with Gasteiger partial charge in [-0.2, -0.15) is 13.2 Å². The predicted molar refractivity (Wildman–Crippen MR) is 86.6 cm³/mol. The van der Waals surface area contributed by atoms with Crippen molar-refractivity contribution in [2.75, 3.05) is 6.61 Å². The summed E-state index contributed by atoms with van der Waals surface area (Å²) in [6, 6.07) is 3.60. The predicted octanol–water partition coefficient (Wildman–Crippen LogP) is 4.07. The molecule has 0 N–H and O–H groups in total. The number of halogens is 3. The van der Waals surface area contributed by atoms with Gasteiger partial charge in [0.2, 0.25) is 0 Å². The fourth-order valence-corrected chi connectivity index (χ4v) is 3.90. The van der Waals surface area contributed by atoms with Gasteiger partial charge in [-0.15, -0.1) is 0 Å². The molecule has 1 aromatic rings. The van der Waals surface area contributed by atoms with Gasteiger partial charge in [-0.1, -0.05) is 13.0 Å². The Balaban J connectivity index is 1.57. The molecule has 0 radical (unpaired) electrons. The van der Waals surface area contributed by atoms with E-state index < -0.39 is 17.3 Å². The summed E-state index contributed by atoms with van der Waals surface area (Å²) in [5, 5.41) is 1.22. The molecule has 0 bridgehead atoms. The van der Waals surface area contributed by atoms with Crippen LogP contribution in [0.2, 0.25) is 0 Å². The second kappa shape index (κ2) is 6.23. The van der Waals surface area contributed by atoms with Gasteiger partial charge in [0.15, 0.2) is 5.60 Å². The Morgan fingerprint density at radius 1 is 1.23 bits per heavy atom. The number of ether oxygens (including phenoxy) is 1. The molecule has 1 unspecified atom stereocenters. The summed E-state index contributed by atoms with van der Waals surface area (Å²) in [6.45, 7) is 2.74. The third-order valence-electron chi connectivity index (χ3n) is 5.68. The summed E-state index contributed by atoms with van der Waals surface area (Å²) < 4.78 is 45.0. The molecule has 3 aliphatic rings. The molecule has 26 heavy (non-hydrogen) atoms. The highest BCUT2D eigenvalue weighted by atomic mass is 19.4. The molecule has 1 saturated carbocycles. The second-order valence-corrected chi connectivity index (χ2v) is 7.72. The van der Waals surface area contributed by atoms with Gasteiger partial charge in [0.1, 0.15) is 6.61 Å². The first-order chi connectivity index (χ1) is 12.3. The van der Waals surface area contributed by atoms with Crippen molar-refractivity contribution in [3.05, 3.63) is 34.9 Å². The van der Waals surface area contributed by atoms with Crippen LogP contribution in [0.15, 0.2) is 18.2 Å². The summed E-state index contributed by atoms with van der Waals surface area (Å²) in [6.07, 6.45) is -0.955. The van der Waals surface area contributed by atoms with Gasteiger partial charge in [-0.05, 0) is 60.8 Å². The maximum atomic E-state index is 13.2. The van der Waals surface area contributed by atoms with Gasteiger partial charge in [0, 0.05) is 0 Å². The molecule has 4 nitrogen and oxygen atoms in total. The van der Waals surface area contributed by atoms with Crippen molar-refractivity contribution in [3.8, 4) is 0 Å². The molecule has 142 valence electrons. The van der Waals surface area contributed by atoms with Crippen LogP contribution < -0.4 is 0 Å². The maximum Gasteiger partial charge on any atom is 0.416 e. The van der Waals surface area contributed by atoms with Crippen LogP contribution in [0, 0.1) is 11.8 Å². The van der Waals surface area contributed by atoms with Crippen LogP contribution in [0.1, 0.15) is 49.3 Å². The quantitative estimate of drug-likeness (QED) is 0.789. The topological polar surface area (TPSA) is 38.8 Å². The Morgan fingerprint density at radius 3 is 2.62 bits per heavy atom. The number of hydroxylamine groups is 2. The minimum atomic E-state index is -4.40. The lowest BCUT2D eigenvalue weighted by molar-refractivity contribution is -0.230. The minimum Gasteiger partial charge on any atom is -0.364 e. The largest absolute Gasteiger partial charge is 0.416 e. The highest BCUT2D eigenvalue weighted by molar-refractivity contribution is 5.85. The molecular weight excluding hydrogens is 347 g/mol. The molecule has 2 heterocycles. The lowest BCUT2D eigenvalue weighted by Gasteiger charge is -2.42. The lowest BCUT2D eigenvalue weighted by Crippen LogP contribution is -2.55. The summed E-state index contributed by atoms with van der Waals surface area (Å²) in [4.78, 5) is 18.8. The minimum absolute atomic E-state index is 0.0193. The normalized spacial score (nSPS) is 29.4. The van der Waals surface area contributed by atoms with E-state index in [1.807, 2.05) is 0 Å². The Morgan fingerprint density at radius 2 is 2.00 bits per heavy atom. The zero-order valence-corrected chi connectivity index (χ0v) is 14.6. The van der Waals surface area contributed by atoms with Crippen LogP contribution in [0.5, 0.6) is 0 Å². The van der Waals surface area contributed by atoms with Crippen LogP contribution in [-0.4, -0.2) is 23.2 Å². The number of hydrogen-bond acceptors (Lipinski definition) is 3. The SMILES string of the molecule is CC1CC[C@@](C(=O)N2Cc3cc(C(F)(F)F)ccc3CO2)(C2CC2)OC1. The van der Waals surface area contributed by atoms with Crippen LogP contribution in [0.3, 0.4) is 0 Å². The Hall–Kier alpha value is -1.60. The van der Waals surface area contributed by atoms with Gasteiger partial charge in [0.25, 0.3) is 5.91 Å². The molecule has 1 saturated heterocycles. The highest BCUT2D eigenvalue weighted by Crippen LogP contribution is 2.48. The average Bonchev–Trinajstić information content (AvgIpc) is 3.46. The summed E-state index contributed by atoms with van der Waals surface area (Å²) in [5.41, 5.74) is -0.411. The van der Waals surface area contributed by atoms with Crippen molar-refractivity contribution in [2.24, 2.45) is 11.8 Å². The van der Waals surface area contributed by atoms with E-state index in [2.05, 4.69) is 6.92 Å². The number of carbonyl (C=O) groups is 1. The van der Waals surface area contributed by atoms with Crippen molar-refractivity contribution in [3.63, 3.8) is 0 Å². The Bertz CT molecular complexity index is 706. The molecule has 1 aromatic carbocycles. The Labute approximate surface area is 150 Å². The van der Waals surface area contributed by atoms with E-state index in [9.17, 15) is 18.0 Å². The first kappa shape index (κ1) is 17.8. The van der Waals surface area contributed by atoms with E-state index in [1.54, 1.807) is 0 Å². The van der Waals surface area contributed by atoms with E-state index >= 15 is 0 Å². The molecule has 1 aliphatic carbocycles. The fourth-order valence-electron chi connectivity index (χ4n) is 3.90. The Kier molecular flexibility index (Phi) is 4.27. The molecule has 2 aliphatic heterocycles. The van der Waals surface area contributed by atoms with Crippen molar-refractivity contribution < 1.29 is 27.5 Å². The van der Waals surface area contributed by atoms with E-state index in [0.29, 0.717) is 30.1 Å². The van der Waals surface area contributed by atoms with Crippen LogP contribution >= 0.6 is 0 Å². The molecule has 0 aromatic heterocycles. The first-order valence-electron chi connectivity index (χ1n) is 9.07. The number of hydrogen-bond donors (Lipinski definition) is 0. The standard InChI is InChI=1S/C19H22F3NO3/c1-12-6-7-18(25-10-12,15-4-5-15)17(24)23-9-14-8-16(19(20,21)22)3-2-13(14)11-26-23/h2-3,8,12,15H,4-7,9-11H2,1H3/t12?,18-/m0/s1. The van der Waals surface area contributed by atoms with Crippen molar-refractivity contribution in [2.45, 2.75) is 57.5 Å². The van der Waals surface area contributed by atoms with Crippen LogP contribution in [0.4, 0.5) is 13.2 Å². The number of benzene rings is 1. The summed E-state index contributed by atoms with van der Waals surface area (Å²) in [7, 11) is 0. The molecule has 2 atom stereocenters. The monoisotopic (exact) mass is 369 g/mol. The number of fused-ring (bicyclic) bond motifs is 1. The number of amides is 1. The lowest BCUT2D eigenvalue weighted by atomic mass is 9.84. The van der Waals surface area contributed by atoms with Crippen LogP contribution in [-0.2, 0) is 33.7 Å². The smallest absolute Gasteiger partial charge is 0.364 e. The van der Waals surface area contributed by atoms with Gasteiger partial charge in [0.05, 0.1) is 18.7 Å². The number of rotatable bonds is 2. The van der Waals surface area contributed by atoms with Crippen molar-refractivity contribution in [1.29, 1.82) is 0 Å². The van der Waals surface area contributed by atoms with Gasteiger partial charge >= 0.3 is 6.18 Å². The maximum absolute atomic E-state index is 13.2. The molecule has 7 heteroatoms. The first-order valence-corrected chi connectivity index (χ1v) is 9.07. The molecular formula is C19H22F3NO3. The molecule has 0 spiro atoms.